The Morgan fingerprint density at radius 3 is 2.29 bits per heavy atom. The molecule has 0 aliphatic rings. The zero-order chi connectivity index (χ0) is 28.8. The van der Waals surface area contributed by atoms with E-state index in [1.807, 2.05) is 66.2 Å². The largest absolute Gasteiger partial charge is 0.325 e. The van der Waals surface area contributed by atoms with Crippen LogP contribution in [0.5, 0.6) is 0 Å². The number of rotatable bonds is 11. The Balaban J connectivity index is 1.16. The fourth-order valence-corrected chi connectivity index (χ4v) is 6.97. The highest BCUT2D eigenvalue weighted by atomic mass is 32.2. The summed E-state index contributed by atoms with van der Waals surface area (Å²) in [6.45, 7) is 4.19. The van der Waals surface area contributed by atoms with Crippen molar-refractivity contribution in [2.24, 2.45) is 7.05 Å². The quantitative estimate of drug-likeness (QED) is 0.163. The Morgan fingerprint density at radius 1 is 0.854 bits per heavy atom. The van der Waals surface area contributed by atoms with E-state index >= 15 is 0 Å². The summed E-state index contributed by atoms with van der Waals surface area (Å²) in [6.07, 6.45) is 1.73. The molecule has 0 radical (unpaired) electrons. The summed E-state index contributed by atoms with van der Waals surface area (Å²) in [6, 6.07) is 21.6. The second kappa shape index (κ2) is 13.3. The number of fused-ring (bicyclic) bond motifs is 1. The van der Waals surface area contributed by atoms with Gasteiger partial charge in [0.25, 0.3) is 0 Å². The van der Waals surface area contributed by atoms with Crippen LogP contribution in [0, 0.1) is 0 Å². The maximum Gasteiger partial charge on any atom is 0.234 e. The number of anilines is 2. The number of carbonyl (C=O) groups is 2. The predicted molar refractivity (Wildman–Crippen MR) is 170 cm³/mol. The van der Waals surface area contributed by atoms with E-state index in [1.54, 1.807) is 0 Å². The fourth-order valence-electron chi connectivity index (χ4n) is 4.36. The first-order valence-corrected chi connectivity index (χ1v) is 16.0. The number of hydrogen-bond donors (Lipinski definition) is 2. The van der Waals surface area contributed by atoms with Crippen molar-refractivity contribution in [1.82, 2.24) is 19.7 Å². The average Bonchev–Trinajstić information content (AvgIpc) is 3.57. The number of nitrogens with zero attached hydrogens (tertiary/aromatic N) is 4. The summed E-state index contributed by atoms with van der Waals surface area (Å²) < 4.78 is 3.65. The van der Waals surface area contributed by atoms with Gasteiger partial charge in [0.15, 0.2) is 15.3 Å². The van der Waals surface area contributed by atoms with Crippen molar-refractivity contribution >= 4 is 68.3 Å². The van der Waals surface area contributed by atoms with Gasteiger partial charge in [0.1, 0.15) is 0 Å². The first kappa shape index (κ1) is 28.8. The highest BCUT2D eigenvalue weighted by Gasteiger charge is 2.15. The van der Waals surface area contributed by atoms with Crippen LogP contribution in [-0.2, 0) is 29.5 Å². The van der Waals surface area contributed by atoms with Crippen LogP contribution in [0.4, 0.5) is 11.4 Å². The van der Waals surface area contributed by atoms with Crippen molar-refractivity contribution in [1.29, 1.82) is 0 Å². The van der Waals surface area contributed by atoms with Crippen LogP contribution >= 0.6 is 34.9 Å². The van der Waals surface area contributed by atoms with Gasteiger partial charge in [-0.05, 0) is 42.2 Å². The molecule has 210 valence electrons. The van der Waals surface area contributed by atoms with Gasteiger partial charge in [-0.2, -0.15) is 0 Å². The van der Waals surface area contributed by atoms with E-state index in [1.165, 1.54) is 34.9 Å². The highest BCUT2D eigenvalue weighted by molar-refractivity contribution is 8.01. The van der Waals surface area contributed by atoms with E-state index in [4.69, 9.17) is 0 Å². The van der Waals surface area contributed by atoms with Crippen molar-refractivity contribution in [2.75, 3.05) is 22.1 Å². The first-order chi connectivity index (χ1) is 19.9. The average molecular weight is 603 g/mol. The fraction of sp³-hybridized carbons (Fsp3) is 0.233. The molecule has 0 fully saturated rings. The smallest absolute Gasteiger partial charge is 0.234 e. The molecule has 0 saturated heterocycles. The van der Waals surface area contributed by atoms with Gasteiger partial charge in [0.05, 0.1) is 21.7 Å². The molecular formula is C30H30N6O2S3. The number of hydrogen-bond acceptors (Lipinski definition) is 8. The van der Waals surface area contributed by atoms with Crippen molar-refractivity contribution in [3.8, 4) is 11.4 Å². The number of aryl methyl sites for hydroxylation is 2. The van der Waals surface area contributed by atoms with Crippen molar-refractivity contribution in [3.05, 3.63) is 77.9 Å². The van der Waals surface area contributed by atoms with E-state index in [0.717, 1.165) is 55.6 Å². The maximum absolute atomic E-state index is 12.8. The van der Waals surface area contributed by atoms with Crippen LogP contribution in [0.3, 0.4) is 0 Å². The Labute approximate surface area is 251 Å². The molecule has 41 heavy (non-hydrogen) atoms. The molecule has 0 atom stereocenters. The molecule has 0 saturated carbocycles. The topological polar surface area (TPSA) is 102 Å². The van der Waals surface area contributed by atoms with Gasteiger partial charge in [-0.3, -0.25) is 9.59 Å². The Bertz CT molecular complexity index is 1660. The lowest BCUT2D eigenvalue weighted by Gasteiger charge is -2.14. The Morgan fingerprint density at radius 2 is 1.56 bits per heavy atom. The lowest BCUT2D eigenvalue weighted by Crippen LogP contribution is -2.16. The maximum atomic E-state index is 12.8. The summed E-state index contributed by atoms with van der Waals surface area (Å²) >= 11 is 4.26. The van der Waals surface area contributed by atoms with Crippen LogP contribution in [0.1, 0.15) is 25.0 Å². The summed E-state index contributed by atoms with van der Waals surface area (Å²) in [5.41, 5.74) is 5.73. The van der Waals surface area contributed by atoms with E-state index in [9.17, 15) is 9.59 Å². The number of benzene rings is 3. The van der Waals surface area contributed by atoms with Crippen molar-refractivity contribution in [2.45, 2.75) is 36.2 Å². The minimum Gasteiger partial charge on any atom is -0.325 e. The van der Waals surface area contributed by atoms with Crippen LogP contribution < -0.4 is 10.6 Å². The lowest BCUT2D eigenvalue weighted by molar-refractivity contribution is -0.114. The summed E-state index contributed by atoms with van der Waals surface area (Å²) in [7, 11) is 1.89. The van der Waals surface area contributed by atoms with E-state index in [2.05, 4.69) is 51.8 Å². The molecule has 5 aromatic rings. The molecule has 2 heterocycles. The second-order valence-corrected chi connectivity index (χ2v) is 12.4. The third-order valence-electron chi connectivity index (χ3n) is 6.44. The number of amides is 2. The third-order valence-corrected chi connectivity index (χ3v) is 9.62. The molecule has 0 spiro atoms. The summed E-state index contributed by atoms with van der Waals surface area (Å²) in [5, 5.41) is 15.3. The lowest BCUT2D eigenvalue weighted by atomic mass is 10.0. The molecule has 5 rings (SSSR count). The zero-order valence-electron chi connectivity index (χ0n) is 23.0. The molecule has 2 amide bonds. The number of nitrogens with one attached hydrogen (secondary N) is 2. The summed E-state index contributed by atoms with van der Waals surface area (Å²) in [5.74, 6) is 1.06. The first-order valence-electron chi connectivity index (χ1n) is 13.3. The Kier molecular flexibility index (Phi) is 9.38. The van der Waals surface area contributed by atoms with Gasteiger partial charge >= 0.3 is 0 Å². The molecule has 0 aliphatic heterocycles. The molecule has 0 bridgehead atoms. The van der Waals surface area contributed by atoms with Gasteiger partial charge in [-0.25, -0.2) is 4.98 Å². The van der Waals surface area contributed by atoms with Crippen LogP contribution in [-0.4, -0.2) is 43.1 Å². The normalized spacial score (nSPS) is 11.1. The molecule has 0 unspecified atom stereocenters. The van der Waals surface area contributed by atoms with Gasteiger partial charge in [-0.1, -0.05) is 85.9 Å². The molecule has 2 aromatic heterocycles. The van der Waals surface area contributed by atoms with E-state index < -0.39 is 0 Å². The zero-order valence-corrected chi connectivity index (χ0v) is 25.5. The minimum absolute atomic E-state index is 0.0471. The van der Waals surface area contributed by atoms with Crippen LogP contribution in [0.15, 0.2) is 76.2 Å². The summed E-state index contributed by atoms with van der Waals surface area (Å²) in [4.78, 5) is 30.1. The molecule has 11 heteroatoms. The van der Waals surface area contributed by atoms with Gasteiger partial charge in [0, 0.05) is 24.0 Å². The minimum atomic E-state index is -0.131. The van der Waals surface area contributed by atoms with E-state index in [-0.39, 0.29) is 23.3 Å². The monoisotopic (exact) mass is 602 g/mol. The molecule has 8 nitrogen and oxygen atoms in total. The molecule has 3 aromatic carbocycles. The second-order valence-electron chi connectivity index (χ2n) is 9.23. The number of para-hydroxylation sites is 1. The van der Waals surface area contributed by atoms with Gasteiger partial charge < -0.3 is 15.2 Å². The Hall–Kier alpha value is -3.67. The van der Waals surface area contributed by atoms with Gasteiger partial charge in [0.2, 0.25) is 11.8 Å². The van der Waals surface area contributed by atoms with Crippen LogP contribution in [0.25, 0.3) is 21.6 Å². The highest BCUT2D eigenvalue weighted by Crippen LogP contribution is 2.32. The number of carbonyl (C=O) groups excluding carboxylic acids is 2. The predicted octanol–water partition coefficient (Wildman–Crippen LogP) is 6.68. The number of aromatic nitrogens is 4. The van der Waals surface area contributed by atoms with Gasteiger partial charge in [-0.15, -0.1) is 21.5 Å². The standard InChI is InChI=1S/C30H30N6O2S3/c1-4-19-12-9-13-20(5-2)27(19)33-26(38)18-40-30-32-23-15-14-22(16-24(23)41-30)31-25(37)17-39-29-35-34-28(36(29)3)21-10-7-6-8-11-21/h6-16H,4-5,17-18H2,1-3H3,(H,31,37)(H,33,38). The van der Waals surface area contributed by atoms with Crippen molar-refractivity contribution in [3.63, 3.8) is 0 Å². The van der Waals surface area contributed by atoms with E-state index in [0.29, 0.717) is 10.8 Å². The molecule has 2 N–H and O–H groups in total. The number of thioether (sulfide) groups is 2. The van der Waals surface area contributed by atoms with Crippen molar-refractivity contribution < 1.29 is 9.59 Å². The number of thiazole rings is 1. The molecular weight excluding hydrogens is 573 g/mol. The SMILES string of the molecule is CCc1cccc(CC)c1NC(=O)CSc1nc2ccc(NC(=O)CSc3nnc(-c4ccccc4)n3C)cc2s1. The third kappa shape index (κ3) is 6.98. The molecule has 0 aliphatic carbocycles. The van der Waals surface area contributed by atoms with Crippen LogP contribution in [0.2, 0.25) is 0 Å².